The Labute approximate surface area is 82.2 Å². The van der Waals surface area contributed by atoms with E-state index in [-0.39, 0.29) is 25.4 Å². The minimum atomic E-state index is -3.26. The van der Waals surface area contributed by atoms with Gasteiger partial charge in [-0.3, -0.25) is 0 Å². The molecule has 2 heterocycles. The van der Waals surface area contributed by atoms with E-state index in [1.165, 1.54) is 0 Å². The van der Waals surface area contributed by atoms with Gasteiger partial charge in [-0.15, -0.1) is 0 Å². The predicted octanol–water partition coefficient (Wildman–Crippen LogP) is -1.94. The zero-order chi connectivity index (χ0) is 10.3. The second-order valence-corrected chi connectivity index (χ2v) is 5.44. The van der Waals surface area contributed by atoms with Gasteiger partial charge in [0.15, 0.2) is 0 Å². The van der Waals surface area contributed by atoms with Gasteiger partial charge in [-0.25, -0.2) is 13.1 Å². The quantitative estimate of drug-likeness (QED) is 0.569. The second-order valence-electron chi connectivity index (χ2n) is 3.66. The summed E-state index contributed by atoms with van der Waals surface area (Å²) in [5.41, 5.74) is 0. The highest BCUT2D eigenvalue weighted by atomic mass is 32.2. The Kier molecular flexibility index (Phi) is 2.52. The fourth-order valence-corrected chi connectivity index (χ4v) is 2.61. The normalized spacial score (nSPS) is 42.7. The number of aliphatic hydroxyl groups is 1. The second kappa shape index (κ2) is 3.42. The fraction of sp³-hybridized carbons (Fsp3) is 1.00. The minimum absolute atomic E-state index is 0.206. The largest absolute Gasteiger partial charge is 0.388 e. The molecule has 2 aliphatic heterocycles. The maximum atomic E-state index is 11.0. The first-order valence-corrected chi connectivity index (χ1v) is 6.25. The Morgan fingerprint density at radius 1 is 1.29 bits per heavy atom. The van der Waals surface area contributed by atoms with E-state index in [4.69, 9.17) is 9.47 Å². The molecule has 0 bridgehead atoms. The van der Waals surface area contributed by atoms with E-state index in [0.29, 0.717) is 0 Å². The van der Waals surface area contributed by atoms with Gasteiger partial charge in [0.25, 0.3) is 0 Å². The zero-order valence-electron chi connectivity index (χ0n) is 7.71. The molecule has 6 nitrogen and oxygen atoms in total. The van der Waals surface area contributed by atoms with Crippen LogP contribution in [0.3, 0.4) is 0 Å². The van der Waals surface area contributed by atoms with Crippen LogP contribution in [0.1, 0.15) is 0 Å². The number of sulfonamides is 1. The summed E-state index contributed by atoms with van der Waals surface area (Å²) < 4.78 is 34.9. The number of ether oxygens (including phenoxy) is 2. The minimum Gasteiger partial charge on any atom is -0.388 e. The lowest BCUT2D eigenvalue weighted by atomic mass is 10.1. The average Bonchev–Trinajstić information content (AvgIpc) is 2.55. The van der Waals surface area contributed by atoms with Gasteiger partial charge in [0.1, 0.15) is 18.3 Å². The molecule has 0 amide bonds. The van der Waals surface area contributed by atoms with Crippen LogP contribution in [-0.4, -0.2) is 57.3 Å². The summed E-state index contributed by atoms with van der Waals surface area (Å²) in [5.74, 6) is 0. The first kappa shape index (κ1) is 10.3. The van der Waals surface area contributed by atoms with Gasteiger partial charge in [0, 0.05) is 0 Å². The summed E-state index contributed by atoms with van der Waals surface area (Å²) in [6.45, 7) is 0.455. The Morgan fingerprint density at radius 2 is 1.93 bits per heavy atom. The van der Waals surface area contributed by atoms with E-state index in [9.17, 15) is 13.5 Å². The highest BCUT2D eigenvalue weighted by Gasteiger charge is 2.47. The van der Waals surface area contributed by atoms with Crippen molar-refractivity contribution in [1.82, 2.24) is 4.72 Å². The van der Waals surface area contributed by atoms with Crippen LogP contribution in [0.25, 0.3) is 0 Å². The molecule has 2 saturated heterocycles. The van der Waals surface area contributed by atoms with E-state index in [2.05, 4.69) is 4.72 Å². The van der Waals surface area contributed by atoms with E-state index in [1.807, 2.05) is 0 Å². The van der Waals surface area contributed by atoms with Crippen molar-refractivity contribution in [2.75, 3.05) is 19.5 Å². The van der Waals surface area contributed by atoms with Crippen LogP contribution in [0, 0.1) is 0 Å². The molecule has 7 heteroatoms. The maximum absolute atomic E-state index is 11.0. The molecule has 2 N–H and O–H groups in total. The lowest BCUT2D eigenvalue weighted by Crippen LogP contribution is -2.43. The first-order chi connectivity index (χ1) is 6.47. The third kappa shape index (κ3) is 1.91. The molecule has 2 fully saturated rings. The van der Waals surface area contributed by atoms with Crippen LogP contribution in [0.15, 0.2) is 0 Å². The molecule has 2 aliphatic rings. The zero-order valence-corrected chi connectivity index (χ0v) is 8.53. The van der Waals surface area contributed by atoms with Crippen LogP contribution >= 0.6 is 0 Å². The summed E-state index contributed by atoms with van der Waals surface area (Å²) in [6.07, 6.45) is -0.313. The molecular weight excluding hydrogens is 210 g/mol. The van der Waals surface area contributed by atoms with Crippen molar-refractivity contribution in [3.8, 4) is 0 Å². The molecule has 0 aromatic heterocycles. The lowest BCUT2D eigenvalue weighted by Gasteiger charge is -2.15. The molecule has 14 heavy (non-hydrogen) atoms. The molecule has 0 aromatic rings. The number of nitrogens with one attached hydrogen (secondary N) is 1. The number of hydrogen-bond donors (Lipinski definition) is 2. The number of aliphatic hydroxyl groups excluding tert-OH is 1. The van der Waals surface area contributed by atoms with Crippen LogP contribution in [0.2, 0.25) is 0 Å². The average molecular weight is 223 g/mol. The van der Waals surface area contributed by atoms with Gasteiger partial charge in [-0.05, 0) is 0 Å². The van der Waals surface area contributed by atoms with Crippen molar-refractivity contribution in [2.45, 2.75) is 24.4 Å². The Morgan fingerprint density at radius 3 is 2.57 bits per heavy atom. The van der Waals surface area contributed by atoms with Crippen LogP contribution in [-0.2, 0) is 19.5 Å². The number of hydrogen-bond acceptors (Lipinski definition) is 5. The molecule has 0 aromatic carbocycles. The standard InChI is InChI=1S/C7H13NO5S/c1-14(10,11)8-4-2-12-7-5(9)3-13-6(4)7/h4-9H,2-3H2,1H3/t4-,5+,6+,7+/m0/s1. The molecule has 2 rings (SSSR count). The molecule has 0 aliphatic carbocycles. The monoisotopic (exact) mass is 223 g/mol. The van der Waals surface area contributed by atoms with Crippen molar-refractivity contribution in [1.29, 1.82) is 0 Å². The van der Waals surface area contributed by atoms with E-state index in [0.717, 1.165) is 6.26 Å². The van der Waals surface area contributed by atoms with Gasteiger partial charge in [-0.2, -0.15) is 0 Å². The van der Waals surface area contributed by atoms with Crippen molar-refractivity contribution in [2.24, 2.45) is 0 Å². The number of fused-ring (bicyclic) bond motifs is 1. The lowest BCUT2D eigenvalue weighted by molar-refractivity contribution is 0.0181. The van der Waals surface area contributed by atoms with Gasteiger partial charge < -0.3 is 14.6 Å². The summed E-state index contributed by atoms with van der Waals surface area (Å²) >= 11 is 0. The van der Waals surface area contributed by atoms with E-state index in [1.54, 1.807) is 0 Å². The van der Waals surface area contributed by atoms with E-state index < -0.39 is 22.2 Å². The fourth-order valence-electron chi connectivity index (χ4n) is 1.86. The van der Waals surface area contributed by atoms with Gasteiger partial charge >= 0.3 is 0 Å². The van der Waals surface area contributed by atoms with Gasteiger partial charge in [-0.1, -0.05) is 0 Å². The third-order valence-corrected chi connectivity index (χ3v) is 3.12. The molecule has 82 valence electrons. The van der Waals surface area contributed by atoms with Gasteiger partial charge in [0.2, 0.25) is 10.0 Å². The first-order valence-electron chi connectivity index (χ1n) is 4.36. The van der Waals surface area contributed by atoms with Crippen LogP contribution in [0.5, 0.6) is 0 Å². The highest BCUT2D eigenvalue weighted by molar-refractivity contribution is 7.88. The van der Waals surface area contributed by atoms with Crippen LogP contribution in [0.4, 0.5) is 0 Å². The van der Waals surface area contributed by atoms with Crippen LogP contribution < -0.4 is 4.72 Å². The van der Waals surface area contributed by atoms with E-state index >= 15 is 0 Å². The Balaban J connectivity index is 2.04. The van der Waals surface area contributed by atoms with Crippen molar-refractivity contribution in [3.05, 3.63) is 0 Å². The maximum Gasteiger partial charge on any atom is 0.209 e. The predicted molar refractivity (Wildman–Crippen MR) is 47.3 cm³/mol. The van der Waals surface area contributed by atoms with Crippen molar-refractivity contribution in [3.63, 3.8) is 0 Å². The summed E-state index contributed by atoms with van der Waals surface area (Å²) in [7, 11) is -3.26. The number of rotatable bonds is 2. The van der Waals surface area contributed by atoms with Gasteiger partial charge in [0.05, 0.1) is 25.5 Å². The van der Waals surface area contributed by atoms with Crippen molar-refractivity contribution < 1.29 is 23.0 Å². The molecule has 0 radical (unpaired) electrons. The Bertz CT molecular complexity index is 316. The smallest absolute Gasteiger partial charge is 0.209 e. The topological polar surface area (TPSA) is 84.9 Å². The Hall–Kier alpha value is -0.210. The summed E-state index contributed by atoms with van der Waals surface area (Å²) in [5, 5.41) is 9.39. The highest BCUT2D eigenvalue weighted by Crippen LogP contribution is 2.27. The molecule has 4 atom stereocenters. The summed E-state index contributed by atoms with van der Waals surface area (Å²) in [4.78, 5) is 0. The summed E-state index contributed by atoms with van der Waals surface area (Å²) in [6, 6.07) is -0.382. The molecule has 0 spiro atoms. The molecular formula is C7H13NO5S. The van der Waals surface area contributed by atoms with Crippen molar-refractivity contribution >= 4 is 10.0 Å². The molecule has 0 saturated carbocycles. The SMILES string of the molecule is CS(=O)(=O)N[C@H]1CO[C@H]2[C@@H]1OC[C@H]2O. The molecule has 0 unspecified atom stereocenters. The third-order valence-electron chi connectivity index (χ3n) is 2.39.